The number of amides is 3. The van der Waals surface area contributed by atoms with Crippen LogP contribution in [-0.2, 0) is 20.8 Å². The van der Waals surface area contributed by atoms with Crippen molar-refractivity contribution in [2.24, 2.45) is 5.92 Å². The average Bonchev–Trinajstić information content (AvgIpc) is 2.94. The molecule has 0 spiro atoms. The first-order valence-electron chi connectivity index (χ1n) is 13.9. The van der Waals surface area contributed by atoms with Gasteiger partial charge in [0.1, 0.15) is 24.4 Å². The number of carbonyl (C=O) groups excluding carboxylic acids is 3. The van der Waals surface area contributed by atoms with Gasteiger partial charge < -0.3 is 30.7 Å². The number of benzene rings is 2. The number of carbonyl (C=O) groups is 3. The molecule has 9 nitrogen and oxygen atoms in total. The van der Waals surface area contributed by atoms with Crippen LogP contribution in [0.1, 0.15) is 38.3 Å². The number of aliphatic hydroxyl groups is 1. The maximum absolute atomic E-state index is 13.7. The minimum absolute atomic E-state index is 0.0370. The summed E-state index contributed by atoms with van der Waals surface area (Å²) in [6.07, 6.45) is 3.52. The zero-order chi connectivity index (χ0) is 29.1. The lowest BCUT2D eigenvalue weighted by molar-refractivity contribution is -0.146. The number of para-hydroxylation sites is 1. The highest BCUT2D eigenvalue weighted by atomic mass is 16.5. The van der Waals surface area contributed by atoms with E-state index in [0.29, 0.717) is 18.9 Å². The number of likely N-dealkylation sites (N-methyl/N-ethyl adjacent to an activating group) is 1. The van der Waals surface area contributed by atoms with Gasteiger partial charge in [0.05, 0.1) is 12.1 Å². The van der Waals surface area contributed by atoms with Crippen LogP contribution in [0.3, 0.4) is 0 Å². The predicted octanol–water partition coefficient (Wildman–Crippen LogP) is 2.15. The first kappa shape index (κ1) is 30.8. The summed E-state index contributed by atoms with van der Waals surface area (Å²) in [6, 6.07) is 14.3. The van der Waals surface area contributed by atoms with Crippen LogP contribution < -0.4 is 20.7 Å². The average molecular weight is 551 g/mol. The smallest absolute Gasteiger partial charge is 0.246 e. The summed E-state index contributed by atoms with van der Waals surface area (Å²) in [7, 11) is 1.51. The Morgan fingerprint density at radius 3 is 2.42 bits per heavy atom. The number of ether oxygens (including phenoxy) is 1. The molecule has 216 valence electrons. The molecule has 0 bridgehead atoms. The highest BCUT2D eigenvalue weighted by Gasteiger charge is 2.37. The minimum atomic E-state index is -1.19. The quantitative estimate of drug-likeness (QED) is 0.453. The van der Waals surface area contributed by atoms with Gasteiger partial charge in [0.15, 0.2) is 0 Å². The molecule has 40 heavy (non-hydrogen) atoms. The molecule has 3 rings (SSSR count). The number of nitrogens with one attached hydrogen (secondary N) is 3. The molecule has 0 aromatic heterocycles. The molecule has 9 heteroatoms. The summed E-state index contributed by atoms with van der Waals surface area (Å²) in [5, 5.41) is 19.6. The van der Waals surface area contributed by atoms with E-state index in [2.05, 4.69) is 16.0 Å². The third-order valence-corrected chi connectivity index (χ3v) is 7.22. The van der Waals surface area contributed by atoms with Gasteiger partial charge in [0.2, 0.25) is 17.7 Å². The van der Waals surface area contributed by atoms with E-state index in [1.165, 1.54) is 18.9 Å². The Labute approximate surface area is 237 Å². The van der Waals surface area contributed by atoms with Gasteiger partial charge in [0, 0.05) is 32.1 Å². The lowest BCUT2D eigenvalue weighted by atomic mass is 9.96. The zero-order valence-corrected chi connectivity index (χ0v) is 23.8. The standard InChI is InChI=1S/C31H42N4O5/c1-5-21(2)27-31(39)35(4)28(22(3)36)30(38)34-25(20-23-12-7-6-8-13-23)29(37)33-17-11-15-24-14-9-10-16-26(24)40-19-18-32-27/h6-16,21-22,25,27-28,32,36H,5,17-20H2,1-4H3,(H,33,37)(H,34,38)/b15-11-/t21?,22?,25-,27+,28+/m1/s1. The van der Waals surface area contributed by atoms with Gasteiger partial charge in [-0.05, 0) is 24.5 Å². The van der Waals surface area contributed by atoms with Crippen LogP contribution in [0.15, 0.2) is 60.7 Å². The Hall–Kier alpha value is -3.69. The summed E-state index contributed by atoms with van der Waals surface area (Å²) in [5.41, 5.74) is 1.73. The van der Waals surface area contributed by atoms with E-state index >= 15 is 0 Å². The molecule has 0 saturated heterocycles. The highest BCUT2D eigenvalue weighted by Crippen LogP contribution is 2.20. The number of hydrogen-bond acceptors (Lipinski definition) is 6. The molecule has 0 aliphatic carbocycles. The van der Waals surface area contributed by atoms with Crippen molar-refractivity contribution >= 4 is 23.8 Å². The molecule has 1 aliphatic rings. The van der Waals surface area contributed by atoms with Crippen molar-refractivity contribution in [3.05, 3.63) is 71.8 Å². The van der Waals surface area contributed by atoms with Crippen molar-refractivity contribution in [2.75, 3.05) is 26.7 Å². The van der Waals surface area contributed by atoms with Crippen LogP contribution in [0.4, 0.5) is 0 Å². The molecule has 1 aliphatic heterocycles. The van der Waals surface area contributed by atoms with E-state index in [-0.39, 0.29) is 30.7 Å². The van der Waals surface area contributed by atoms with E-state index in [0.717, 1.165) is 17.5 Å². The van der Waals surface area contributed by atoms with Crippen LogP contribution in [0.5, 0.6) is 5.75 Å². The number of aliphatic hydroxyl groups excluding tert-OH is 1. The van der Waals surface area contributed by atoms with Crippen molar-refractivity contribution in [2.45, 2.75) is 57.8 Å². The number of nitrogens with zero attached hydrogens (tertiary/aromatic N) is 1. The van der Waals surface area contributed by atoms with Crippen molar-refractivity contribution in [1.29, 1.82) is 0 Å². The third kappa shape index (κ3) is 8.40. The minimum Gasteiger partial charge on any atom is -0.492 e. The van der Waals surface area contributed by atoms with Gasteiger partial charge in [-0.1, -0.05) is 81.0 Å². The normalized spacial score (nSPS) is 23.9. The molecule has 2 unspecified atom stereocenters. The van der Waals surface area contributed by atoms with Gasteiger partial charge in [0.25, 0.3) is 0 Å². The Morgan fingerprint density at radius 1 is 1.02 bits per heavy atom. The third-order valence-electron chi connectivity index (χ3n) is 7.22. The molecule has 1 heterocycles. The lowest BCUT2D eigenvalue weighted by Gasteiger charge is -2.35. The van der Waals surface area contributed by atoms with Gasteiger partial charge in [-0.2, -0.15) is 0 Å². The second kappa shape index (κ2) is 15.2. The van der Waals surface area contributed by atoms with Crippen LogP contribution in [0, 0.1) is 5.92 Å². The first-order valence-corrected chi connectivity index (χ1v) is 13.9. The van der Waals surface area contributed by atoms with Crippen molar-refractivity contribution in [3.63, 3.8) is 0 Å². The van der Waals surface area contributed by atoms with Crippen LogP contribution in [0.25, 0.3) is 6.08 Å². The summed E-state index contributed by atoms with van der Waals surface area (Å²) in [4.78, 5) is 41.8. The van der Waals surface area contributed by atoms with E-state index in [9.17, 15) is 19.5 Å². The molecule has 0 fully saturated rings. The molecule has 3 amide bonds. The van der Waals surface area contributed by atoms with Crippen LogP contribution >= 0.6 is 0 Å². The van der Waals surface area contributed by atoms with Crippen LogP contribution in [0.2, 0.25) is 0 Å². The summed E-state index contributed by atoms with van der Waals surface area (Å²) >= 11 is 0. The van der Waals surface area contributed by atoms with Crippen molar-refractivity contribution in [3.8, 4) is 5.75 Å². The van der Waals surface area contributed by atoms with Crippen molar-refractivity contribution in [1.82, 2.24) is 20.9 Å². The fourth-order valence-corrected chi connectivity index (χ4v) is 4.75. The molecule has 0 saturated carbocycles. The fraction of sp³-hybridized carbons (Fsp3) is 0.452. The second-order valence-electron chi connectivity index (χ2n) is 10.2. The summed E-state index contributed by atoms with van der Waals surface area (Å²) in [6.45, 7) is 6.41. The molecular formula is C31H42N4O5. The molecule has 2 aromatic carbocycles. The second-order valence-corrected chi connectivity index (χ2v) is 10.2. The summed E-state index contributed by atoms with van der Waals surface area (Å²) in [5.74, 6) is -0.627. The van der Waals surface area contributed by atoms with E-state index in [1.54, 1.807) is 0 Å². The lowest BCUT2D eigenvalue weighted by Crippen LogP contribution is -2.61. The number of fused-ring (bicyclic) bond motifs is 1. The van der Waals surface area contributed by atoms with Gasteiger partial charge in [-0.3, -0.25) is 14.4 Å². The van der Waals surface area contributed by atoms with Gasteiger partial charge in [-0.25, -0.2) is 0 Å². The van der Waals surface area contributed by atoms with Crippen LogP contribution in [-0.4, -0.2) is 78.7 Å². The number of hydrogen-bond donors (Lipinski definition) is 4. The summed E-state index contributed by atoms with van der Waals surface area (Å²) < 4.78 is 6.01. The topological polar surface area (TPSA) is 120 Å². The first-order chi connectivity index (χ1) is 19.2. The molecular weight excluding hydrogens is 508 g/mol. The molecule has 4 N–H and O–H groups in total. The maximum atomic E-state index is 13.7. The monoisotopic (exact) mass is 550 g/mol. The SMILES string of the molecule is CCC(C)[C@@H]1NCCOc2ccccc2/C=C\CNC(=O)[C@@H](Cc2ccccc2)NC(=O)[C@H](C(C)O)N(C)C1=O. The van der Waals surface area contributed by atoms with E-state index < -0.39 is 30.1 Å². The van der Waals surface area contributed by atoms with E-state index in [1.807, 2.05) is 80.6 Å². The maximum Gasteiger partial charge on any atom is 0.246 e. The Morgan fingerprint density at radius 2 is 1.73 bits per heavy atom. The van der Waals surface area contributed by atoms with E-state index in [4.69, 9.17) is 4.74 Å². The largest absolute Gasteiger partial charge is 0.492 e. The van der Waals surface area contributed by atoms with Gasteiger partial charge in [-0.15, -0.1) is 0 Å². The van der Waals surface area contributed by atoms with Gasteiger partial charge >= 0.3 is 0 Å². The highest BCUT2D eigenvalue weighted by molar-refractivity contribution is 5.93. The van der Waals surface area contributed by atoms with Crippen molar-refractivity contribution < 1.29 is 24.2 Å². The fourth-order valence-electron chi connectivity index (χ4n) is 4.75. The Balaban J connectivity index is 1.95. The predicted molar refractivity (Wildman–Crippen MR) is 156 cm³/mol. The number of rotatable bonds is 5. The molecule has 5 atom stereocenters. The Bertz CT molecular complexity index is 1150. The molecule has 0 radical (unpaired) electrons. The zero-order valence-electron chi connectivity index (χ0n) is 23.8. The Kier molecular flexibility index (Phi) is 11.7. The molecule has 2 aromatic rings.